The molecule has 0 bridgehead atoms. The summed E-state index contributed by atoms with van der Waals surface area (Å²) in [5.74, 6) is 0.822. The molecular weight excluding hydrogens is 174 g/mol. The van der Waals surface area contributed by atoms with Crippen molar-refractivity contribution >= 4 is 17.7 Å². The lowest BCUT2D eigenvalue weighted by Crippen LogP contribution is -2.20. The second-order valence-corrected chi connectivity index (χ2v) is 4.29. The number of carbonyl (C=O) groups is 1. The smallest absolute Gasteiger partial charge is 0.318 e. The Morgan fingerprint density at radius 1 is 1.58 bits per heavy atom. The Hall–Kier alpha value is -0.220. The first-order valence-corrected chi connectivity index (χ1v) is 4.97. The summed E-state index contributed by atoms with van der Waals surface area (Å²) in [5.41, 5.74) is 0. The number of esters is 1. The third-order valence-corrected chi connectivity index (χ3v) is 2.55. The van der Waals surface area contributed by atoms with Crippen molar-refractivity contribution in [1.82, 2.24) is 4.90 Å². The summed E-state index contributed by atoms with van der Waals surface area (Å²) in [6.45, 7) is 2.86. The van der Waals surface area contributed by atoms with E-state index in [0.717, 1.165) is 12.3 Å². The molecule has 12 heavy (non-hydrogen) atoms. The van der Waals surface area contributed by atoms with Gasteiger partial charge in [0.1, 0.15) is 0 Å². The highest BCUT2D eigenvalue weighted by atomic mass is 32.2. The normalized spacial score (nSPS) is 13.1. The highest BCUT2D eigenvalue weighted by molar-refractivity contribution is 8.00. The van der Waals surface area contributed by atoms with Crippen LogP contribution >= 0.6 is 11.8 Å². The number of ether oxygens (including phenoxy) is 1. The fourth-order valence-electron chi connectivity index (χ4n) is 0.646. The Bertz CT molecular complexity index is 139. The SMILES string of the molecule is COC(=O)C(C)SCCN(C)C. The van der Waals surface area contributed by atoms with Gasteiger partial charge in [-0.25, -0.2) is 0 Å². The molecule has 1 unspecified atom stereocenters. The zero-order valence-corrected chi connectivity index (χ0v) is 8.98. The van der Waals surface area contributed by atoms with Gasteiger partial charge in [0, 0.05) is 12.3 Å². The van der Waals surface area contributed by atoms with E-state index in [1.807, 2.05) is 21.0 Å². The van der Waals surface area contributed by atoms with Crippen LogP contribution in [0.2, 0.25) is 0 Å². The molecule has 72 valence electrons. The predicted molar refractivity (Wildman–Crippen MR) is 52.5 cm³/mol. The second kappa shape index (κ2) is 6.31. The average molecular weight is 191 g/mol. The van der Waals surface area contributed by atoms with E-state index in [9.17, 15) is 4.79 Å². The second-order valence-electron chi connectivity index (χ2n) is 2.84. The molecular formula is C8H17NO2S. The van der Waals surface area contributed by atoms with Gasteiger partial charge in [0.2, 0.25) is 0 Å². The van der Waals surface area contributed by atoms with Gasteiger partial charge >= 0.3 is 5.97 Å². The monoisotopic (exact) mass is 191 g/mol. The highest BCUT2D eigenvalue weighted by Gasteiger charge is 2.12. The molecule has 1 atom stereocenters. The molecule has 0 heterocycles. The van der Waals surface area contributed by atoms with Crippen LogP contribution in [-0.2, 0) is 9.53 Å². The number of nitrogens with zero attached hydrogens (tertiary/aromatic N) is 1. The molecule has 0 saturated heterocycles. The summed E-state index contributed by atoms with van der Waals surface area (Å²) in [5, 5.41) is -0.0463. The lowest BCUT2D eigenvalue weighted by atomic mass is 10.5. The quantitative estimate of drug-likeness (QED) is 0.602. The molecule has 0 N–H and O–H groups in total. The van der Waals surface area contributed by atoms with E-state index < -0.39 is 0 Å². The maximum atomic E-state index is 10.9. The minimum atomic E-state index is -0.140. The molecule has 0 rings (SSSR count). The minimum Gasteiger partial charge on any atom is -0.468 e. The molecule has 0 aromatic rings. The summed E-state index contributed by atoms with van der Waals surface area (Å²) in [7, 11) is 5.46. The Morgan fingerprint density at radius 3 is 2.58 bits per heavy atom. The van der Waals surface area contributed by atoms with Crippen molar-refractivity contribution in [1.29, 1.82) is 0 Å². The van der Waals surface area contributed by atoms with E-state index in [1.165, 1.54) is 7.11 Å². The number of thioether (sulfide) groups is 1. The Kier molecular flexibility index (Phi) is 6.20. The fourth-order valence-corrected chi connectivity index (χ4v) is 1.70. The Balaban J connectivity index is 3.43. The molecule has 0 saturated carbocycles. The van der Waals surface area contributed by atoms with Crippen LogP contribution in [0.4, 0.5) is 0 Å². The van der Waals surface area contributed by atoms with Crippen LogP contribution in [0.15, 0.2) is 0 Å². The number of methoxy groups -OCH3 is 1. The van der Waals surface area contributed by atoms with Crippen LogP contribution in [0, 0.1) is 0 Å². The molecule has 0 aliphatic rings. The van der Waals surface area contributed by atoms with E-state index in [1.54, 1.807) is 11.8 Å². The van der Waals surface area contributed by atoms with Crippen LogP contribution in [-0.4, -0.2) is 49.6 Å². The summed E-state index contributed by atoms with van der Waals surface area (Å²) in [6, 6.07) is 0. The number of rotatable bonds is 5. The first-order chi connectivity index (χ1) is 5.57. The van der Waals surface area contributed by atoms with E-state index in [2.05, 4.69) is 9.64 Å². The minimum absolute atomic E-state index is 0.0463. The van der Waals surface area contributed by atoms with E-state index in [4.69, 9.17) is 0 Å². The Morgan fingerprint density at radius 2 is 2.17 bits per heavy atom. The van der Waals surface area contributed by atoms with Crippen LogP contribution in [0.1, 0.15) is 6.92 Å². The zero-order chi connectivity index (χ0) is 9.56. The van der Waals surface area contributed by atoms with Gasteiger partial charge in [-0.2, -0.15) is 0 Å². The first kappa shape index (κ1) is 11.8. The largest absolute Gasteiger partial charge is 0.468 e. The molecule has 0 fully saturated rings. The summed E-state index contributed by atoms with van der Waals surface area (Å²) in [6.07, 6.45) is 0. The van der Waals surface area contributed by atoms with E-state index >= 15 is 0 Å². The van der Waals surface area contributed by atoms with Gasteiger partial charge < -0.3 is 9.64 Å². The molecule has 0 aliphatic carbocycles. The number of hydrogen-bond acceptors (Lipinski definition) is 4. The van der Waals surface area contributed by atoms with E-state index in [0.29, 0.717) is 0 Å². The molecule has 0 radical (unpaired) electrons. The van der Waals surface area contributed by atoms with Crippen molar-refractivity contribution in [2.75, 3.05) is 33.5 Å². The van der Waals surface area contributed by atoms with Crippen molar-refractivity contribution in [2.24, 2.45) is 0 Å². The van der Waals surface area contributed by atoms with Gasteiger partial charge in [0.15, 0.2) is 0 Å². The van der Waals surface area contributed by atoms with Crippen LogP contribution in [0.5, 0.6) is 0 Å². The molecule has 0 spiro atoms. The van der Waals surface area contributed by atoms with Crippen molar-refractivity contribution in [3.05, 3.63) is 0 Å². The van der Waals surface area contributed by atoms with Gasteiger partial charge in [-0.3, -0.25) is 4.79 Å². The maximum absolute atomic E-state index is 10.9. The van der Waals surface area contributed by atoms with Crippen LogP contribution in [0.25, 0.3) is 0 Å². The van der Waals surface area contributed by atoms with Crippen LogP contribution < -0.4 is 0 Å². The topological polar surface area (TPSA) is 29.5 Å². The first-order valence-electron chi connectivity index (χ1n) is 3.92. The third-order valence-electron chi connectivity index (χ3n) is 1.44. The highest BCUT2D eigenvalue weighted by Crippen LogP contribution is 2.10. The molecule has 0 aliphatic heterocycles. The molecule has 4 heteroatoms. The van der Waals surface area contributed by atoms with Crippen LogP contribution in [0.3, 0.4) is 0 Å². The van der Waals surface area contributed by atoms with Gasteiger partial charge in [-0.05, 0) is 21.0 Å². The van der Waals surface area contributed by atoms with Gasteiger partial charge in [-0.15, -0.1) is 11.8 Å². The lowest BCUT2D eigenvalue weighted by Gasteiger charge is -2.11. The zero-order valence-electron chi connectivity index (χ0n) is 8.16. The standard InChI is InChI=1S/C8H17NO2S/c1-7(8(10)11-4)12-6-5-9(2)3/h7H,5-6H2,1-4H3. The number of hydrogen-bond donors (Lipinski definition) is 0. The summed E-state index contributed by atoms with van der Waals surface area (Å²) < 4.78 is 4.60. The molecule has 0 aromatic carbocycles. The van der Waals surface area contributed by atoms with Crippen molar-refractivity contribution < 1.29 is 9.53 Å². The molecule has 0 amide bonds. The molecule has 3 nitrogen and oxygen atoms in total. The van der Waals surface area contributed by atoms with Crippen molar-refractivity contribution in [2.45, 2.75) is 12.2 Å². The van der Waals surface area contributed by atoms with Crippen molar-refractivity contribution in [3.8, 4) is 0 Å². The fraction of sp³-hybridized carbons (Fsp3) is 0.875. The average Bonchev–Trinajstić information content (AvgIpc) is 2.02. The van der Waals surface area contributed by atoms with Crippen molar-refractivity contribution in [3.63, 3.8) is 0 Å². The number of carbonyl (C=O) groups excluding carboxylic acids is 1. The predicted octanol–water partition coefficient (Wildman–Crippen LogP) is 0.843. The van der Waals surface area contributed by atoms with Gasteiger partial charge in [0.25, 0.3) is 0 Å². The lowest BCUT2D eigenvalue weighted by molar-refractivity contribution is -0.139. The van der Waals surface area contributed by atoms with Gasteiger partial charge in [-0.1, -0.05) is 0 Å². The van der Waals surface area contributed by atoms with Gasteiger partial charge in [0.05, 0.1) is 12.4 Å². The molecule has 0 aromatic heterocycles. The maximum Gasteiger partial charge on any atom is 0.318 e. The van der Waals surface area contributed by atoms with E-state index in [-0.39, 0.29) is 11.2 Å². The summed E-state index contributed by atoms with van der Waals surface area (Å²) in [4.78, 5) is 13.0. The Labute approximate surface area is 78.5 Å². The third kappa shape index (κ3) is 5.43. The summed E-state index contributed by atoms with van der Waals surface area (Å²) >= 11 is 1.62.